The van der Waals surface area contributed by atoms with E-state index in [-0.39, 0.29) is 16.8 Å². The number of ketones is 1. The second kappa shape index (κ2) is 7.75. The quantitative estimate of drug-likeness (QED) is 0.182. The molecule has 2 rings (SSSR count). The highest BCUT2D eigenvalue weighted by Crippen LogP contribution is 2.35. The Morgan fingerprint density at radius 1 is 1.11 bits per heavy atom. The maximum absolute atomic E-state index is 14.1. The molecule has 0 aliphatic carbocycles. The summed E-state index contributed by atoms with van der Waals surface area (Å²) in [6.07, 6.45) is 0. The number of hydrogen-bond donors (Lipinski definition) is 1. The number of nitrogens with one attached hydrogen (secondary N) is 1. The van der Waals surface area contributed by atoms with Gasteiger partial charge in [-0.05, 0) is 24.6 Å². The summed E-state index contributed by atoms with van der Waals surface area (Å²) in [5.41, 5.74) is -1.51. The summed E-state index contributed by atoms with van der Waals surface area (Å²) in [6.45, 7) is 4.63. The highest BCUT2D eigenvalue weighted by molar-refractivity contribution is 6.31. The SMILES string of the molecule is C=C(C(C)=O)C(Nc1c(F)c(F)c(Cl)c(F)c1F)c1ccc([N+](=O)[O-])cc1. The van der Waals surface area contributed by atoms with E-state index in [9.17, 15) is 32.5 Å². The Hall–Kier alpha value is -2.94. The first-order valence-corrected chi connectivity index (χ1v) is 7.66. The Balaban J connectivity index is 2.56. The Morgan fingerprint density at radius 2 is 1.59 bits per heavy atom. The van der Waals surface area contributed by atoms with Crippen LogP contribution in [0.2, 0.25) is 5.02 Å². The maximum Gasteiger partial charge on any atom is 0.269 e. The van der Waals surface area contributed by atoms with E-state index in [0.29, 0.717) is 0 Å². The number of nitrogens with zero attached hydrogens (tertiary/aromatic N) is 1. The topological polar surface area (TPSA) is 72.2 Å². The molecule has 1 unspecified atom stereocenters. The van der Waals surface area contributed by atoms with Crippen LogP contribution in [-0.4, -0.2) is 10.7 Å². The fourth-order valence-electron chi connectivity index (χ4n) is 2.24. The molecule has 0 amide bonds. The summed E-state index contributed by atoms with van der Waals surface area (Å²) in [4.78, 5) is 21.7. The van der Waals surface area contributed by atoms with Crippen molar-refractivity contribution in [3.63, 3.8) is 0 Å². The van der Waals surface area contributed by atoms with Crippen molar-refractivity contribution in [1.82, 2.24) is 0 Å². The molecule has 0 saturated carbocycles. The van der Waals surface area contributed by atoms with E-state index < -0.39 is 50.7 Å². The minimum Gasteiger partial charge on any atom is -0.369 e. The second-order valence-electron chi connectivity index (χ2n) is 5.45. The van der Waals surface area contributed by atoms with Crippen molar-refractivity contribution in [1.29, 1.82) is 0 Å². The highest BCUT2D eigenvalue weighted by atomic mass is 35.5. The van der Waals surface area contributed by atoms with E-state index in [1.165, 1.54) is 12.1 Å². The molecule has 1 N–H and O–H groups in total. The zero-order valence-electron chi connectivity index (χ0n) is 13.7. The molecule has 0 aliphatic heterocycles. The minimum atomic E-state index is -1.81. The van der Waals surface area contributed by atoms with Crippen molar-refractivity contribution in [2.24, 2.45) is 0 Å². The summed E-state index contributed by atoms with van der Waals surface area (Å²) in [6, 6.07) is 3.29. The first kappa shape index (κ1) is 20.4. The molecule has 1 atom stereocenters. The third-order valence-corrected chi connectivity index (χ3v) is 4.07. The van der Waals surface area contributed by atoms with Crippen LogP contribution in [0.3, 0.4) is 0 Å². The number of nitro benzene ring substituents is 1. The van der Waals surface area contributed by atoms with Crippen molar-refractivity contribution in [2.45, 2.75) is 13.0 Å². The molecule has 0 spiro atoms. The number of nitro groups is 1. The van der Waals surface area contributed by atoms with Gasteiger partial charge >= 0.3 is 0 Å². The monoisotopic (exact) mass is 402 g/mol. The van der Waals surface area contributed by atoms with Crippen LogP contribution in [0, 0.1) is 33.4 Å². The molecule has 0 saturated heterocycles. The Kier molecular flexibility index (Phi) is 5.85. The van der Waals surface area contributed by atoms with E-state index in [2.05, 4.69) is 11.9 Å². The lowest BCUT2D eigenvalue weighted by atomic mass is 9.96. The molecule has 2 aromatic rings. The molecule has 5 nitrogen and oxygen atoms in total. The molecule has 0 aromatic heterocycles. The summed E-state index contributed by atoms with van der Waals surface area (Å²) in [7, 11) is 0. The first-order valence-electron chi connectivity index (χ1n) is 7.28. The fourth-order valence-corrected chi connectivity index (χ4v) is 2.41. The number of hydrogen-bond acceptors (Lipinski definition) is 4. The number of carbonyl (C=O) groups excluding carboxylic acids is 1. The maximum atomic E-state index is 14.1. The predicted molar refractivity (Wildman–Crippen MR) is 90.6 cm³/mol. The van der Waals surface area contributed by atoms with Gasteiger partial charge in [-0.2, -0.15) is 0 Å². The zero-order valence-corrected chi connectivity index (χ0v) is 14.4. The van der Waals surface area contributed by atoms with Gasteiger partial charge in [-0.25, -0.2) is 17.6 Å². The number of rotatable bonds is 6. The number of halogens is 5. The van der Waals surface area contributed by atoms with Crippen LogP contribution in [0.25, 0.3) is 0 Å². The van der Waals surface area contributed by atoms with Gasteiger partial charge in [-0.1, -0.05) is 18.2 Å². The molecule has 10 heteroatoms. The number of carbonyl (C=O) groups is 1. The number of benzene rings is 2. The summed E-state index contributed by atoms with van der Waals surface area (Å²) < 4.78 is 55.5. The third kappa shape index (κ3) is 3.92. The summed E-state index contributed by atoms with van der Waals surface area (Å²) in [5, 5.41) is 11.6. The normalized spacial score (nSPS) is 11.8. The van der Waals surface area contributed by atoms with Crippen molar-refractivity contribution in [2.75, 3.05) is 5.32 Å². The van der Waals surface area contributed by atoms with Crippen LogP contribution in [0.4, 0.5) is 28.9 Å². The van der Waals surface area contributed by atoms with Gasteiger partial charge in [0.2, 0.25) is 0 Å². The van der Waals surface area contributed by atoms with Gasteiger partial charge in [0.05, 0.1) is 11.0 Å². The van der Waals surface area contributed by atoms with Crippen LogP contribution in [-0.2, 0) is 4.79 Å². The first-order chi connectivity index (χ1) is 12.6. The van der Waals surface area contributed by atoms with Crippen molar-refractivity contribution < 1.29 is 27.3 Å². The second-order valence-corrected chi connectivity index (χ2v) is 5.83. The average Bonchev–Trinajstić information content (AvgIpc) is 2.64. The summed E-state index contributed by atoms with van der Waals surface area (Å²) >= 11 is 5.18. The standard InChI is InChI=1S/C17H11ClF4N2O3/c1-7(8(2)25)16(9-3-5-10(6-4-9)24(26)27)23-17-14(21)12(19)11(18)13(20)15(17)22/h3-6,16,23H,1H2,2H3. The van der Waals surface area contributed by atoms with E-state index in [0.717, 1.165) is 19.1 Å². The van der Waals surface area contributed by atoms with Crippen LogP contribution >= 0.6 is 11.6 Å². The zero-order chi connectivity index (χ0) is 20.5. The molecule has 27 heavy (non-hydrogen) atoms. The van der Waals surface area contributed by atoms with Crippen LogP contribution in [0.15, 0.2) is 36.4 Å². The largest absolute Gasteiger partial charge is 0.369 e. The van der Waals surface area contributed by atoms with E-state index in [1.54, 1.807) is 0 Å². The Labute approximate surface area is 155 Å². The fraction of sp³-hybridized carbons (Fsp3) is 0.118. The lowest BCUT2D eigenvalue weighted by Crippen LogP contribution is -2.19. The van der Waals surface area contributed by atoms with E-state index >= 15 is 0 Å². The molecule has 142 valence electrons. The van der Waals surface area contributed by atoms with Crippen molar-refractivity contribution in [3.8, 4) is 0 Å². The van der Waals surface area contributed by atoms with E-state index in [4.69, 9.17) is 11.6 Å². The van der Waals surface area contributed by atoms with Gasteiger partial charge in [-0.15, -0.1) is 0 Å². The van der Waals surface area contributed by atoms with E-state index in [1.807, 2.05) is 0 Å². The van der Waals surface area contributed by atoms with Gasteiger partial charge in [0.15, 0.2) is 29.1 Å². The smallest absolute Gasteiger partial charge is 0.269 e. The number of Topliss-reactive ketones (excluding diaryl/α,β-unsaturated/α-hetero) is 1. The van der Waals surface area contributed by atoms with Gasteiger partial charge < -0.3 is 5.32 Å². The minimum absolute atomic E-state index is 0.148. The highest BCUT2D eigenvalue weighted by Gasteiger charge is 2.28. The Morgan fingerprint density at radius 3 is 2.00 bits per heavy atom. The predicted octanol–water partition coefficient (Wildman–Crippen LogP) is 5.10. The summed E-state index contributed by atoms with van der Waals surface area (Å²) in [5.74, 6) is -7.78. The molecular weight excluding hydrogens is 392 g/mol. The molecule has 2 aromatic carbocycles. The van der Waals surface area contributed by atoms with Gasteiger partial charge in [0, 0.05) is 17.7 Å². The number of non-ortho nitro benzene ring substituents is 1. The number of anilines is 1. The van der Waals surface area contributed by atoms with Gasteiger partial charge in [-0.3, -0.25) is 14.9 Å². The molecule has 0 fully saturated rings. The van der Waals surface area contributed by atoms with Crippen LogP contribution in [0.1, 0.15) is 18.5 Å². The molecular formula is C17H11ClF4N2O3. The van der Waals surface area contributed by atoms with Crippen molar-refractivity contribution in [3.05, 3.63) is 80.4 Å². The molecule has 0 aliphatic rings. The molecule has 0 heterocycles. The van der Waals surface area contributed by atoms with Gasteiger partial charge in [0.1, 0.15) is 10.7 Å². The third-order valence-electron chi connectivity index (χ3n) is 3.74. The Bertz CT molecular complexity index is 919. The average molecular weight is 403 g/mol. The van der Waals surface area contributed by atoms with Crippen molar-refractivity contribution >= 4 is 28.8 Å². The van der Waals surface area contributed by atoms with Crippen LogP contribution in [0.5, 0.6) is 0 Å². The molecule has 0 bridgehead atoms. The lowest BCUT2D eigenvalue weighted by Gasteiger charge is -2.22. The van der Waals surface area contributed by atoms with Gasteiger partial charge in [0.25, 0.3) is 5.69 Å². The molecule has 0 radical (unpaired) electrons. The van der Waals surface area contributed by atoms with Crippen LogP contribution < -0.4 is 5.32 Å². The lowest BCUT2D eigenvalue weighted by molar-refractivity contribution is -0.384.